The Morgan fingerprint density at radius 3 is 2.58 bits per heavy atom. The number of nitrogens with one attached hydrogen (secondary N) is 1. The van der Waals surface area contributed by atoms with Gasteiger partial charge in [0.25, 0.3) is 5.91 Å². The van der Waals surface area contributed by atoms with Gasteiger partial charge in [-0.2, -0.15) is 0 Å². The van der Waals surface area contributed by atoms with Crippen molar-refractivity contribution in [1.82, 2.24) is 14.9 Å². The highest BCUT2D eigenvalue weighted by atomic mass is 16.2. The van der Waals surface area contributed by atoms with Crippen LogP contribution in [0.2, 0.25) is 0 Å². The summed E-state index contributed by atoms with van der Waals surface area (Å²) < 4.78 is 0. The minimum absolute atomic E-state index is 0.111. The van der Waals surface area contributed by atoms with E-state index in [0.29, 0.717) is 23.9 Å². The molecule has 1 aromatic carbocycles. The predicted octanol–water partition coefficient (Wildman–Crippen LogP) is 3.12. The molecule has 6 heteroatoms. The van der Waals surface area contributed by atoms with Crippen molar-refractivity contribution in [2.75, 3.05) is 43.9 Å². The summed E-state index contributed by atoms with van der Waals surface area (Å²) in [7, 11) is 4.10. The highest BCUT2D eigenvalue weighted by molar-refractivity contribution is 6.05. The van der Waals surface area contributed by atoms with Crippen molar-refractivity contribution >= 4 is 17.4 Å². The summed E-state index contributed by atoms with van der Waals surface area (Å²) in [5.74, 6) is 1.17. The molecule has 0 bridgehead atoms. The summed E-state index contributed by atoms with van der Waals surface area (Å²) in [6.45, 7) is 8.18. The van der Waals surface area contributed by atoms with Crippen LogP contribution in [0.15, 0.2) is 30.3 Å². The van der Waals surface area contributed by atoms with Crippen LogP contribution >= 0.6 is 0 Å². The van der Waals surface area contributed by atoms with Gasteiger partial charge >= 0.3 is 0 Å². The van der Waals surface area contributed by atoms with Gasteiger partial charge in [-0.05, 0) is 65.5 Å². The second kappa shape index (κ2) is 9.29. The molecule has 26 heavy (non-hydrogen) atoms. The van der Waals surface area contributed by atoms with Gasteiger partial charge in [-0.25, -0.2) is 9.97 Å². The van der Waals surface area contributed by atoms with Crippen LogP contribution in [0.25, 0.3) is 0 Å². The van der Waals surface area contributed by atoms with Gasteiger partial charge in [0.15, 0.2) is 0 Å². The first-order chi connectivity index (χ1) is 12.4. The van der Waals surface area contributed by atoms with Gasteiger partial charge in [-0.15, -0.1) is 0 Å². The fourth-order valence-electron chi connectivity index (χ4n) is 2.76. The quantitative estimate of drug-likeness (QED) is 0.737. The molecule has 0 unspecified atom stereocenters. The van der Waals surface area contributed by atoms with Crippen molar-refractivity contribution in [2.45, 2.75) is 27.2 Å². The number of aromatic nitrogens is 2. The largest absolute Gasteiger partial charge is 0.370 e. The normalized spacial score (nSPS) is 10.8. The molecular formula is C20H29N5O. The fourth-order valence-corrected chi connectivity index (χ4v) is 2.76. The Balaban J connectivity index is 2.16. The molecule has 0 spiro atoms. The van der Waals surface area contributed by atoms with Crippen LogP contribution in [-0.4, -0.2) is 54.5 Å². The average molecular weight is 355 g/mol. The highest BCUT2D eigenvalue weighted by Gasteiger charge is 2.19. The smallest absolute Gasteiger partial charge is 0.277 e. The van der Waals surface area contributed by atoms with Gasteiger partial charge in [0.2, 0.25) is 0 Å². The van der Waals surface area contributed by atoms with Gasteiger partial charge in [0, 0.05) is 24.8 Å². The van der Waals surface area contributed by atoms with Crippen LogP contribution in [0.5, 0.6) is 0 Å². The van der Waals surface area contributed by atoms with Crippen molar-refractivity contribution in [3.8, 4) is 0 Å². The number of anilines is 2. The lowest BCUT2D eigenvalue weighted by Crippen LogP contribution is -2.31. The summed E-state index contributed by atoms with van der Waals surface area (Å²) in [5.41, 5.74) is 2.42. The average Bonchev–Trinajstić information content (AvgIpc) is 2.59. The van der Waals surface area contributed by atoms with Gasteiger partial charge in [-0.1, -0.05) is 12.1 Å². The van der Waals surface area contributed by atoms with Crippen LogP contribution in [0.3, 0.4) is 0 Å². The van der Waals surface area contributed by atoms with Gasteiger partial charge in [0.05, 0.1) is 0 Å². The van der Waals surface area contributed by atoms with Crippen molar-refractivity contribution in [2.24, 2.45) is 0 Å². The van der Waals surface area contributed by atoms with Crippen molar-refractivity contribution in [3.63, 3.8) is 0 Å². The number of hydrogen-bond donors (Lipinski definition) is 1. The number of hydrogen-bond acceptors (Lipinski definition) is 5. The monoisotopic (exact) mass is 355 g/mol. The molecule has 6 nitrogen and oxygen atoms in total. The molecule has 0 atom stereocenters. The lowest BCUT2D eigenvalue weighted by molar-refractivity contribution is 0.0983. The number of aryl methyl sites for hydroxylation is 2. The Labute approximate surface area is 156 Å². The molecule has 1 N–H and O–H groups in total. The van der Waals surface area contributed by atoms with Crippen molar-refractivity contribution in [3.05, 3.63) is 47.4 Å². The van der Waals surface area contributed by atoms with Crippen LogP contribution in [0, 0.1) is 13.8 Å². The molecule has 0 aliphatic rings. The Bertz CT molecular complexity index is 745. The van der Waals surface area contributed by atoms with Crippen LogP contribution in [0.4, 0.5) is 11.5 Å². The highest BCUT2D eigenvalue weighted by Crippen LogP contribution is 2.19. The van der Waals surface area contributed by atoms with Gasteiger partial charge in [-0.3, -0.25) is 4.79 Å². The molecule has 0 aliphatic heterocycles. The van der Waals surface area contributed by atoms with Crippen LogP contribution < -0.4 is 10.2 Å². The number of benzene rings is 1. The van der Waals surface area contributed by atoms with Gasteiger partial charge < -0.3 is 15.1 Å². The molecule has 0 fully saturated rings. The molecule has 140 valence electrons. The third-order valence-electron chi connectivity index (χ3n) is 4.02. The molecule has 0 saturated heterocycles. The second-order valence-corrected chi connectivity index (χ2v) is 6.66. The van der Waals surface area contributed by atoms with Crippen LogP contribution in [-0.2, 0) is 0 Å². The lowest BCUT2D eigenvalue weighted by atomic mass is 10.2. The topological polar surface area (TPSA) is 61.4 Å². The standard InChI is InChI=1S/C20H29N5O/c1-6-25(17-10-7-9-15(2)13-17)20(26)18-14-19(23-16(3)22-18)21-11-8-12-24(4)5/h7,9-10,13-14H,6,8,11-12H2,1-5H3,(H,21,22,23). The van der Waals surface area contributed by atoms with E-state index in [4.69, 9.17) is 0 Å². The van der Waals surface area contributed by atoms with E-state index in [2.05, 4.69) is 34.3 Å². The third-order valence-corrected chi connectivity index (χ3v) is 4.02. The van der Waals surface area contributed by atoms with E-state index in [1.807, 2.05) is 45.0 Å². The van der Waals surface area contributed by atoms with E-state index in [0.717, 1.165) is 30.8 Å². The maximum atomic E-state index is 13.0. The van der Waals surface area contributed by atoms with Crippen molar-refractivity contribution in [1.29, 1.82) is 0 Å². The molecule has 1 aromatic heterocycles. The molecule has 0 radical (unpaired) electrons. The van der Waals surface area contributed by atoms with Gasteiger partial charge in [0.1, 0.15) is 17.3 Å². The maximum absolute atomic E-state index is 13.0. The van der Waals surface area contributed by atoms with E-state index < -0.39 is 0 Å². The minimum atomic E-state index is -0.111. The Morgan fingerprint density at radius 2 is 1.92 bits per heavy atom. The number of carbonyl (C=O) groups is 1. The molecular weight excluding hydrogens is 326 g/mol. The van der Waals surface area contributed by atoms with E-state index in [-0.39, 0.29) is 5.91 Å². The second-order valence-electron chi connectivity index (χ2n) is 6.66. The summed E-state index contributed by atoms with van der Waals surface area (Å²) in [6, 6.07) is 9.68. The molecule has 1 heterocycles. The summed E-state index contributed by atoms with van der Waals surface area (Å²) in [5, 5.41) is 3.29. The Hall–Kier alpha value is -2.47. The van der Waals surface area contributed by atoms with Crippen LogP contribution in [0.1, 0.15) is 35.2 Å². The summed E-state index contributed by atoms with van der Waals surface area (Å²) in [4.78, 5) is 25.6. The summed E-state index contributed by atoms with van der Waals surface area (Å²) >= 11 is 0. The first-order valence-corrected chi connectivity index (χ1v) is 9.03. The zero-order valence-electron chi connectivity index (χ0n) is 16.4. The number of carbonyl (C=O) groups excluding carboxylic acids is 1. The summed E-state index contributed by atoms with van der Waals surface area (Å²) in [6.07, 6.45) is 1.00. The molecule has 1 amide bonds. The van der Waals surface area contributed by atoms with E-state index >= 15 is 0 Å². The zero-order chi connectivity index (χ0) is 19.1. The predicted molar refractivity (Wildman–Crippen MR) is 107 cm³/mol. The minimum Gasteiger partial charge on any atom is -0.370 e. The first-order valence-electron chi connectivity index (χ1n) is 9.03. The zero-order valence-corrected chi connectivity index (χ0v) is 16.4. The van der Waals surface area contributed by atoms with E-state index in [9.17, 15) is 4.79 Å². The molecule has 2 aromatic rings. The van der Waals surface area contributed by atoms with E-state index in [1.165, 1.54) is 0 Å². The van der Waals surface area contributed by atoms with Crippen molar-refractivity contribution < 1.29 is 4.79 Å². The first kappa shape index (κ1) is 19.8. The molecule has 0 saturated carbocycles. The maximum Gasteiger partial charge on any atom is 0.277 e. The van der Waals surface area contributed by atoms with E-state index in [1.54, 1.807) is 11.0 Å². The Morgan fingerprint density at radius 1 is 1.15 bits per heavy atom. The molecule has 2 rings (SSSR count). The third kappa shape index (κ3) is 5.52. The number of nitrogens with zero attached hydrogens (tertiary/aromatic N) is 4. The molecule has 0 aliphatic carbocycles. The fraction of sp³-hybridized carbons (Fsp3) is 0.450. The Kier molecular flexibility index (Phi) is 7.09. The number of rotatable bonds is 8. The number of amides is 1. The lowest BCUT2D eigenvalue weighted by Gasteiger charge is -2.21. The SMILES string of the molecule is CCN(C(=O)c1cc(NCCCN(C)C)nc(C)n1)c1cccc(C)c1.